The van der Waals surface area contributed by atoms with Crippen LogP contribution in [0, 0.1) is 0 Å². The molecule has 4 nitrogen and oxygen atoms in total. The first-order valence-electron chi connectivity index (χ1n) is 6.36. The highest BCUT2D eigenvalue weighted by Gasteiger charge is 2.03. The van der Waals surface area contributed by atoms with Gasteiger partial charge in [-0.15, -0.1) is 0 Å². The number of halogens is 1. The van der Waals surface area contributed by atoms with Crippen molar-refractivity contribution >= 4 is 23.4 Å². The number of nitrogens with zero attached hydrogens (tertiary/aromatic N) is 1. The van der Waals surface area contributed by atoms with Gasteiger partial charge in [0.15, 0.2) is 0 Å². The zero-order valence-corrected chi connectivity index (χ0v) is 12.3. The van der Waals surface area contributed by atoms with Gasteiger partial charge in [-0.3, -0.25) is 0 Å². The van der Waals surface area contributed by atoms with Crippen LogP contribution in [0.5, 0.6) is 11.5 Å². The predicted octanol–water partition coefficient (Wildman–Crippen LogP) is 3.94. The van der Waals surface area contributed by atoms with E-state index in [-0.39, 0.29) is 0 Å². The molecule has 0 N–H and O–H groups in total. The van der Waals surface area contributed by atoms with E-state index in [1.54, 1.807) is 25.3 Å². The third-order valence-corrected chi connectivity index (χ3v) is 3.19. The largest absolute Gasteiger partial charge is 0.497 e. The molecule has 21 heavy (non-hydrogen) atoms. The molecule has 0 aliphatic heterocycles. The average Bonchev–Trinajstić information content (AvgIpc) is 2.50. The minimum absolute atomic E-state index is 0.418. The highest BCUT2D eigenvalue weighted by Crippen LogP contribution is 2.28. The molecule has 0 aliphatic carbocycles. The second-order valence-corrected chi connectivity index (χ2v) is 4.67. The van der Waals surface area contributed by atoms with Gasteiger partial charge in [0.1, 0.15) is 11.5 Å². The molecule has 2 aromatic carbocycles. The maximum absolute atomic E-state index is 10.2. The SMILES string of the molecule is COc1ccc(CCOc2ccc(N=C=O)cc2Cl)cc1. The van der Waals surface area contributed by atoms with Crippen LogP contribution >= 0.6 is 11.6 Å². The molecule has 0 spiro atoms. The van der Waals surface area contributed by atoms with Crippen molar-refractivity contribution in [3.63, 3.8) is 0 Å². The summed E-state index contributed by atoms with van der Waals surface area (Å²) in [7, 11) is 1.64. The lowest BCUT2D eigenvalue weighted by atomic mass is 10.1. The molecule has 0 unspecified atom stereocenters. The van der Waals surface area contributed by atoms with E-state index in [9.17, 15) is 4.79 Å². The molecule has 0 radical (unpaired) electrons. The summed E-state index contributed by atoms with van der Waals surface area (Å²) in [5.41, 5.74) is 1.60. The number of methoxy groups -OCH3 is 1. The summed E-state index contributed by atoms with van der Waals surface area (Å²) in [6.45, 7) is 0.502. The van der Waals surface area contributed by atoms with E-state index in [4.69, 9.17) is 21.1 Å². The van der Waals surface area contributed by atoms with Crippen LogP contribution in [0.4, 0.5) is 5.69 Å². The second kappa shape index (κ2) is 7.48. The first-order valence-corrected chi connectivity index (χ1v) is 6.74. The van der Waals surface area contributed by atoms with Crippen molar-refractivity contribution in [3.05, 3.63) is 53.1 Å². The van der Waals surface area contributed by atoms with Crippen molar-refractivity contribution in [1.29, 1.82) is 0 Å². The van der Waals surface area contributed by atoms with Crippen molar-refractivity contribution in [1.82, 2.24) is 0 Å². The van der Waals surface area contributed by atoms with Crippen LogP contribution in [0.3, 0.4) is 0 Å². The van der Waals surface area contributed by atoms with E-state index >= 15 is 0 Å². The molecule has 0 fully saturated rings. The fourth-order valence-electron chi connectivity index (χ4n) is 1.80. The molecule has 2 aromatic rings. The van der Waals surface area contributed by atoms with Crippen LogP contribution in [-0.2, 0) is 11.2 Å². The molecule has 0 heterocycles. The Morgan fingerprint density at radius 2 is 1.95 bits per heavy atom. The van der Waals surface area contributed by atoms with Crippen LogP contribution in [-0.4, -0.2) is 19.8 Å². The van der Waals surface area contributed by atoms with Gasteiger partial charge in [-0.25, -0.2) is 4.79 Å². The van der Waals surface area contributed by atoms with E-state index in [2.05, 4.69) is 4.99 Å². The first-order chi connectivity index (χ1) is 10.2. The molecule has 0 atom stereocenters. The highest BCUT2D eigenvalue weighted by atomic mass is 35.5. The van der Waals surface area contributed by atoms with Gasteiger partial charge >= 0.3 is 0 Å². The molecular weight excluding hydrogens is 290 g/mol. The molecule has 108 valence electrons. The van der Waals surface area contributed by atoms with E-state index in [0.717, 1.165) is 17.7 Å². The van der Waals surface area contributed by atoms with Gasteiger partial charge in [-0.1, -0.05) is 23.7 Å². The smallest absolute Gasteiger partial charge is 0.240 e. The summed E-state index contributed by atoms with van der Waals surface area (Å²) in [4.78, 5) is 13.7. The number of hydrogen-bond acceptors (Lipinski definition) is 4. The Balaban J connectivity index is 1.92. The summed E-state index contributed by atoms with van der Waals surface area (Å²) in [6, 6.07) is 12.7. The molecule has 0 aromatic heterocycles. The van der Waals surface area contributed by atoms with Crippen molar-refractivity contribution in [2.75, 3.05) is 13.7 Å². The molecule has 0 saturated heterocycles. The van der Waals surface area contributed by atoms with Crippen molar-refractivity contribution in [2.45, 2.75) is 6.42 Å². The number of aliphatic imine (C=N–C) groups is 1. The lowest BCUT2D eigenvalue weighted by molar-refractivity contribution is 0.322. The lowest BCUT2D eigenvalue weighted by Gasteiger charge is -2.08. The molecule has 0 amide bonds. The topological polar surface area (TPSA) is 47.9 Å². The quantitative estimate of drug-likeness (QED) is 0.600. The average molecular weight is 304 g/mol. The Bertz CT molecular complexity index is 649. The molecular formula is C16H14ClNO3. The minimum atomic E-state index is 0.418. The van der Waals surface area contributed by atoms with Crippen LogP contribution < -0.4 is 9.47 Å². The highest BCUT2D eigenvalue weighted by molar-refractivity contribution is 6.32. The van der Waals surface area contributed by atoms with Crippen LogP contribution in [0.1, 0.15) is 5.56 Å². The number of ether oxygens (including phenoxy) is 2. The van der Waals surface area contributed by atoms with E-state index in [1.807, 2.05) is 24.3 Å². The number of rotatable bonds is 6. The van der Waals surface area contributed by atoms with Gasteiger partial charge in [0.2, 0.25) is 6.08 Å². The maximum Gasteiger partial charge on any atom is 0.240 e. The monoisotopic (exact) mass is 303 g/mol. The Morgan fingerprint density at radius 1 is 1.19 bits per heavy atom. The predicted molar refractivity (Wildman–Crippen MR) is 81.4 cm³/mol. The molecule has 0 bridgehead atoms. The number of carbonyl (C=O) groups excluding carboxylic acids is 1. The van der Waals surface area contributed by atoms with Gasteiger partial charge in [0.25, 0.3) is 0 Å². The maximum atomic E-state index is 10.2. The fourth-order valence-corrected chi connectivity index (χ4v) is 2.03. The van der Waals surface area contributed by atoms with Crippen molar-refractivity contribution in [3.8, 4) is 11.5 Å². The summed E-state index contributed by atoms with van der Waals surface area (Å²) in [5.74, 6) is 1.39. The summed E-state index contributed by atoms with van der Waals surface area (Å²) < 4.78 is 10.7. The molecule has 2 rings (SSSR count). The normalized spacial score (nSPS) is 9.81. The van der Waals surface area contributed by atoms with Gasteiger partial charge in [-0.2, -0.15) is 4.99 Å². The number of benzene rings is 2. The lowest BCUT2D eigenvalue weighted by Crippen LogP contribution is -2.01. The summed E-state index contributed by atoms with van der Waals surface area (Å²) in [5, 5.41) is 0.418. The zero-order valence-electron chi connectivity index (χ0n) is 11.5. The standard InChI is InChI=1S/C16H14ClNO3/c1-20-14-5-2-12(3-6-14)8-9-21-16-7-4-13(18-11-19)10-15(16)17/h2-7,10H,8-9H2,1H3. The molecule has 5 heteroatoms. The Kier molecular flexibility index (Phi) is 5.38. The van der Waals surface area contributed by atoms with Gasteiger partial charge in [0, 0.05) is 6.42 Å². The zero-order chi connectivity index (χ0) is 15.1. The van der Waals surface area contributed by atoms with Gasteiger partial charge < -0.3 is 9.47 Å². The van der Waals surface area contributed by atoms with E-state index in [1.165, 1.54) is 6.08 Å². The first kappa shape index (κ1) is 15.1. The fraction of sp³-hybridized carbons (Fsp3) is 0.188. The third-order valence-electron chi connectivity index (χ3n) is 2.90. The van der Waals surface area contributed by atoms with Crippen LogP contribution in [0.25, 0.3) is 0 Å². The second-order valence-electron chi connectivity index (χ2n) is 4.26. The number of hydrogen-bond donors (Lipinski definition) is 0. The Labute approximate surface area is 128 Å². The third kappa shape index (κ3) is 4.35. The summed E-state index contributed by atoms with van der Waals surface area (Å²) in [6.07, 6.45) is 2.23. The molecule has 0 saturated carbocycles. The van der Waals surface area contributed by atoms with Gasteiger partial charge in [-0.05, 0) is 35.9 Å². The van der Waals surface area contributed by atoms with Crippen molar-refractivity contribution < 1.29 is 14.3 Å². The van der Waals surface area contributed by atoms with Crippen LogP contribution in [0.15, 0.2) is 47.5 Å². The number of isocyanates is 1. The van der Waals surface area contributed by atoms with E-state index < -0.39 is 0 Å². The molecule has 0 aliphatic rings. The van der Waals surface area contributed by atoms with Crippen molar-refractivity contribution in [2.24, 2.45) is 4.99 Å². The van der Waals surface area contributed by atoms with E-state index in [0.29, 0.717) is 23.1 Å². The van der Waals surface area contributed by atoms with Gasteiger partial charge in [0.05, 0.1) is 24.4 Å². The Morgan fingerprint density at radius 3 is 2.57 bits per heavy atom. The Hall–Kier alpha value is -2.29. The minimum Gasteiger partial charge on any atom is -0.497 e. The summed E-state index contributed by atoms with van der Waals surface area (Å²) >= 11 is 6.06. The van der Waals surface area contributed by atoms with Crippen LogP contribution in [0.2, 0.25) is 5.02 Å².